The first-order valence-corrected chi connectivity index (χ1v) is 7.69. The summed E-state index contributed by atoms with van der Waals surface area (Å²) in [6.45, 7) is 2.05. The lowest BCUT2D eigenvalue weighted by atomic mass is 9.96. The van der Waals surface area contributed by atoms with Gasteiger partial charge in [-0.05, 0) is 30.2 Å². The Morgan fingerprint density at radius 1 is 1.39 bits per heavy atom. The van der Waals surface area contributed by atoms with Crippen LogP contribution >= 0.6 is 11.6 Å². The molecule has 0 amide bonds. The molecule has 2 aromatic rings. The lowest BCUT2D eigenvalue weighted by Gasteiger charge is -2.10. The van der Waals surface area contributed by atoms with Crippen molar-refractivity contribution in [2.24, 2.45) is 10.1 Å². The fraction of sp³-hybridized carbons (Fsp3) is 0.235. The molecule has 0 aliphatic carbocycles. The predicted octanol–water partition coefficient (Wildman–Crippen LogP) is 4.33. The van der Waals surface area contributed by atoms with Gasteiger partial charge < -0.3 is 5.21 Å². The highest BCUT2D eigenvalue weighted by Crippen LogP contribution is 2.29. The van der Waals surface area contributed by atoms with Gasteiger partial charge in [0.15, 0.2) is 5.82 Å². The SMILES string of the molecule is CCC1=Nc2nccc(/C(Cc3ccc(F)c(Cl)c3)=N/O)c2C1. The number of halogens is 2. The van der Waals surface area contributed by atoms with Gasteiger partial charge in [-0.3, -0.25) is 0 Å². The van der Waals surface area contributed by atoms with Crippen molar-refractivity contribution in [1.29, 1.82) is 0 Å². The fourth-order valence-corrected chi connectivity index (χ4v) is 2.85. The minimum atomic E-state index is -0.469. The summed E-state index contributed by atoms with van der Waals surface area (Å²) < 4.78 is 13.3. The molecule has 0 saturated carbocycles. The van der Waals surface area contributed by atoms with Gasteiger partial charge >= 0.3 is 0 Å². The Morgan fingerprint density at radius 2 is 2.22 bits per heavy atom. The maximum absolute atomic E-state index is 13.3. The standard InChI is InChI=1S/C17H15ClFN3O/c1-2-11-9-13-12(5-6-20-17(13)21-11)16(22-23)8-10-3-4-15(19)14(18)7-10/h3-7,23H,2,8-9H2,1H3/b22-16+. The van der Waals surface area contributed by atoms with E-state index < -0.39 is 5.82 Å². The third-order valence-corrected chi connectivity index (χ3v) is 4.16. The van der Waals surface area contributed by atoms with Crippen LogP contribution in [0.1, 0.15) is 30.0 Å². The molecule has 0 bridgehead atoms. The molecule has 0 saturated heterocycles. The summed E-state index contributed by atoms with van der Waals surface area (Å²) in [5.41, 5.74) is 4.08. The van der Waals surface area contributed by atoms with E-state index in [1.807, 2.05) is 13.0 Å². The number of hydrogen-bond acceptors (Lipinski definition) is 4. The van der Waals surface area contributed by atoms with E-state index in [0.29, 0.717) is 24.4 Å². The zero-order valence-electron chi connectivity index (χ0n) is 12.6. The average molecular weight is 332 g/mol. The van der Waals surface area contributed by atoms with E-state index in [1.165, 1.54) is 12.1 Å². The van der Waals surface area contributed by atoms with Gasteiger partial charge in [-0.25, -0.2) is 14.4 Å². The Morgan fingerprint density at radius 3 is 2.91 bits per heavy atom. The summed E-state index contributed by atoms with van der Waals surface area (Å²) in [6.07, 6.45) is 3.56. The summed E-state index contributed by atoms with van der Waals surface area (Å²) in [4.78, 5) is 8.75. The van der Waals surface area contributed by atoms with E-state index in [4.69, 9.17) is 11.6 Å². The van der Waals surface area contributed by atoms with Crippen LogP contribution < -0.4 is 0 Å². The monoisotopic (exact) mass is 331 g/mol. The van der Waals surface area contributed by atoms with Gasteiger partial charge in [-0.1, -0.05) is 29.7 Å². The number of pyridine rings is 1. The van der Waals surface area contributed by atoms with Gasteiger partial charge in [0.25, 0.3) is 0 Å². The number of fused-ring (bicyclic) bond motifs is 1. The maximum atomic E-state index is 13.3. The summed E-state index contributed by atoms with van der Waals surface area (Å²) >= 11 is 5.81. The van der Waals surface area contributed by atoms with Crippen molar-refractivity contribution in [3.8, 4) is 0 Å². The number of hydrogen-bond donors (Lipinski definition) is 1. The molecular formula is C17H15ClFN3O. The molecule has 0 spiro atoms. The third kappa shape index (κ3) is 3.10. The second-order valence-electron chi connectivity index (χ2n) is 5.34. The first-order chi connectivity index (χ1) is 11.1. The van der Waals surface area contributed by atoms with E-state index in [1.54, 1.807) is 12.3 Å². The molecule has 1 aromatic heterocycles. The lowest BCUT2D eigenvalue weighted by Crippen LogP contribution is -2.10. The van der Waals surface area contributed by atoms with Crippen molar-refractivity contribution >= 4 is 28.8 Å². The van der Waals surface area contributed by atoms with Crippen LogP contribution in [0.2, 0.25) is 5.02 Å². The number of oxime groups is 1. The van der Waals surface area contributed by atoms with Crippen molar-refractivity contribution in [2.75, 3.05) is 0 Å². The molecule has 6 heteroatoms. The lowest BCUT2D eigenvalue weighted by molar-refractivity contribution is 0.318. The van der Waals surface area contributed by atoms with Crippen LogP contribution in [-0.4, -0.2) is 21.6 Å². The molecule has 1 aliphatic rings. The fourth-order valence-electron chi connectivity index (χ4n) is 2.65. The van der Waals surface area contributed by atoms with Gasteiger partial charge in [0.1, 0.15) is 5.82 Å². The Bertz CT molecular complexity index is 817. The zero-order chi connectivity index (χ0) is 16.4. The van der Waals surface area contributed by atoms with Gasteiger partial charge in [0, 0.05) is 35.9 Å². The van der Waals surface area contributed by atoms with E-state index in [2.05, 4.69) is 15.1 Å². The molecule has 4 nitrogen and oxygen atoms in total. The predicted molar refractivity (Wildman–Crippen MR) is 88.8 cm³/mol. The smallest absolute Gasteiger partial charge is 0.155 e. The minimum absolute atomic E-state index is 0.0522. The van der Waals surface area contributed by atoms with Crippen LogP contribution in [0.3, 0.4) is 0 Å². The topological polar surface area (TPSA) is 57.8 Å². The molecule has 1 aliphatic heterocycles. The first-order valence-electron chi connectivity index (χ1n) is 7.32. The molecule has 1 N–H and O–H groups in total. The number of aliphatic imine (C=N–C) groups is 1. The van der Waals surface area contributed by atoms with Crippen molar-refractivity contribution in [1.82, 2.24) is 4.98 Å². The van der Waals surface area contributed by atoms with Crippen molar-refractivity contribution in [3.63, 3.8) is 0 Å². The van der Waals surface area contributed by atoms with Crippen molar-refractivity contribution in [3.05, 3.63) is 58.0 Å². The Kier molecular flexibility index (Phi) is 4.39. The van der Waals surface area contributed by atoms with Crippen LogP contribution in [0, 0.1) is 5.82 Å². The summed E-state index contributed by atoms with van der Waals surface area (Å²) in [6, 6.07) is 6.29. The number of aromatic nitrogens is 1. The minimum Gasteiger partial charge on any atom is -0.411 e. The molecule has 0 radical (unpaired) electrons. The Balaban J connectivity index is 1.92. The van der Waals surface area contributed by atoms with E-state index in [0.717, 1.165) is 28.8 Å². The van der Waals surface area contributed by atoms with E-state index in [9.17, 15) is 9.60 Å². The quantitative estimate of drug-likeness (QED) is 0.515. The highest BCUT2D eigenvalue weighted by Gasteiger charge is 2.21. The van der Waals surface area contributed by atoms with E-state index in [-0.39, 0.29) is 5.02 Å². The summed E-state index contributed by atoms with van der Waals surface area (Å²) in [5.74, 6) is 0.210. The number of nitrogens with zero attached hydrogens (tertiary/aromatic N) is 3. The van der Waals surface area contributed by atoms with Crippen molar-refractivity contribution in [2.45, 2.75) is 26.2 Å². The average Bonchev–Trinajstić information content (AvgIpc) is 2.99. The van der Waals surface area contributed by atoms with Crippen LogP contribution in [0.25, 0.3) is 0 Å². The van der Waals surface area contributed by atoms with Gasteiger partial charge in [0.2, 0.25) is 0 Å². The maximum Gasteiger partial charge on any atom is 0.155 e. The van der Waals surface area contributed by atoms with Gasteiger partial charge in [-0.2, -0.15) is 0 Å². The molecule has 2 heterocycles. The van der Waals surface area contributed by atoms with E-state index >= 15 is 0 Å². The highest BCUT2D eigenvalue weighted by atomic mass is 35.5. The van der Waals surface area contributed by atoms with Crippen LogP contribution in [0.4, 0.5) is 10.2 Å². The molecule has 118 valence electrons. The highest BCUT2D eigenvalue weighted by molar-refractivity contribution is 6.30. The molecule has 0 atom stereocenters. The van der Waals surface area contributed by atoms with Crippen LogP contribution in [0.5, 0.6) is 0 Å². The second-order valence-corrected chi connectivity index (χ2v) is 5.75. The molecular weight excluding hydrogens is 317 g/mol. The molecule has 0 unspecified atom stereocenters. The first kappa shape index (κ1) is 15.6. The van der Waals surface area contributed by atoms with Crippen LogP contribution in [0.15, 0.2) is 40.6 Å². The van der Waals surface area contributed by atoms with Crippen LogP contribution in [-0.2, 0) is 12.8 Å². The largest absolute Gasteiger partial charge is 0.411 e. The molecule has 3 rings (SSSR count). The normalized spacial score (nSPS) is 13.9. The Hall–Kier alpha value is -2.27. The summed E-state index contributed by atoms with van der Waals surface area (Å²) in [5, 5.41) is 12.9. The summed E-state index contributed by atoms with van der Waals surface area (Å²) in [7, 11) is 0. The van der Waals surface area contributed by atoms with Crippen molar-refractivity contribution < 1.29 is 9.60 Å². The number of benzene rings is 1. The van der Waals surface area contributed by atoms with Gasteiger partial charge in [0.05, 0.1) is 10.7 Å². The Labute approximate surface area is 138 Å². The third-order valence-electron chi connectivity index (χ3n) is 3.87. The van der Waals surface area contributed by atoms with Gasteiger partial charge in [-0.15, -0.1) is 0 Å². The molecule has 0 fully saturated rings. The zero-order valence-corrected chi connectivity index (χ0v) is 13.3. The second kappa shape index (κ2) is 6.46. The molecule has 23 heavy (non-hydrogen) atoms. The molecule has 1 aromatic carbocycles. The number of rotatable bonds is 4.